The largest absolute Gasteiger partial charge is 0.347 e. The van der Waals surface area contributed by atoms with Gasteiger partial charge in [-0.05, 0) is 31.5 Å². The van der Waals surface area contributed by atoms with Crippen LogP contribution >= 0.6 is 0 Å². The smallest absolute Gasteiger partial charge is 0.136 e. The summed E-state index contributed by atoms with van der Waals surface area (Å²) in [4.78, 5) is 4.85. The van der Waals surface area contributed by atoms with Crippen LogP contribution in [0, 0.1) is 0 Å². The monoisotopic (exact) mass is 252 g/mol. The van der Waals surface area contributed by atoms with Gasteiger partial charge in [-0.1, -0.05) is 42.5 Å². The molecule has 1 aliphatic rings. The van der Waals surface area contributed by atoms with Gasteiger partial charge in [0.1, 0.15) is 5.66 Å². The van der Waals surface area contributed by atoms with Crippen molar-refractivity contribution in [2.75, 3.05) is 23.4 Å². The molecule has 0 unspecified atom stereocenters. The van der Waals surface area contributed by atoms with Crippen molar-refractivity contribution in [3.63, 3.8) is 0 Å². The standard InChI is InChI=1S/C17H20N2/c1-4-19-16-13-9-8-12-15(16)18(3)17(19,2)14-10-6-5-7-11-14/h5-13H,4H2,1-3H3/t17-/m0/s1. The summed E-state index contributed by atoms with van der Waals surface area (Å²) in [5, 5.41) is 0. The lowest BCUT2D eigenvalue weighted by atomic mass is 9.99. The average molecular weight is 252 g/mol. The first-order valence-electron chi connectivity index (χ1n) is 6.85. The van der Waals surface area contributed by atoms with Crippen molar-refractivity contribution < 1.29 is 0 Å². The molecule has 0 fully saturated rings. The Balaban J connectivity index is 2.18. The Morgan fingerprint density at radius 1 is 0.895 bits per heavy atom. The van der Waals surface area contributed by atoms with Gasteiger partial charge in [-0.25, -0.2) is 0 Å². The zero-order valence-corrected chi connectivity index (χ0v) is 11.8. The van der Waals surface area contributed by atoms with Crippen molar-refractivity contribution in [1.82, 2.24) is 0 Å². The van der Waals surface area contributed by atoms with E-state index in [4.69, 9.17) is 0 Å². The Bertz CT molecular complexity index is 579. The highest BCUT2D eigenvalue weighted by molar-refractivity contribution is 5.79. The number of para-hydroxylation sites is 2. The first-order chi connectivity index (χ1) is 9.19. The third kappa shape index (κ3) is 1.56. The van der Waals surface area contributed by atoms with Crippen LogP contribution in [0.5, 0.6) is 0 Å². The predicted molar refractivity (Wildman–Crippen MR) is 81.7 cm³/mol. The Labute approximate surface area is 115 Å². The van der Waals surface area contributed by atoms with Crippen LogP contribution in [0.4, 0.5) is 11.4 Å². The Hall–Kier alpha value is -1.96. The second-order valence-corrected chi connectivity index (χ2v) is 5.18. The van der Waals surface area contributed by atoms with E-state index in [1.807, 2.05) is 0 Å². The molecule has 19 heavy (non-hydrogen) atoms. The van der Waals surface area contributed by atoms with Crippen LogP contribution in [-0.4, -0.2) is 13.6 Å². The molecule has 0 spiro atoms. The van der Waals surface area contributed by atoms with Gasteiger partial charge in [0.25, 0.3) is 0 Å². The van der Waals surface area contributed by atoms with Gasteiger partial charge in [0.15, 0.2) is 0 Å². The summed E-state index contributed by atoms with van der Waals surface area (Å²) in [7, 11) is 2.18. The quantitative estimate of drug-likeness (QED) is 0.801. The molecule has 98 valence electrons. The van der Waals surface area contributed by atoms with E-state index in [2.05, 4.69) is 85.3 Å². The summed E-state index contributed by atoms with van der Waals surface area (Å²) in [6.07, 6.45) is 0. The zero-order valence-electron chi connectivity index (χ0n) is 11.8. The molecule has 0 amide bonds. The van der Waals surface area contributed by atoms with Crippen molar-refractivity contribution >= 4 is 11.4 Å². The van der Waals surface area contributed by atoms with Gasteiger partial charge in [-0.3, -0.25) is 0 Å². The summed E-state index contributed by atoms with van der Waals surface area (Å²) in [6.45, 7) is 5.51. The summed E-state index contributed by atoms with van der Waals surface area (Å²) in [5.41, 5.74) is 3.84. The lowest BCUT2D eigenvalue weighted by Crippen LogP contribution is -2.50. The van der Waals surface area contributed by atoms with E-state index in [-0.39, 0.29) is 5.66 Å². The summed E-state index contributed by atoms with van der Waals surface area (Å²) in [5.74, 6) is 0. The van der Waals surface area contributed by atoms with Crippen LogP contribution in [0.3, 0.4) is 0 Å². The van der Waals surface area contributed by atoms with Crippen molar-refractivity contribution in [3.8, 4) is 0 Å². The lowest BCUT2D eigenvalue weighted by molar-refractivity contribution is 0.461. The van der Waals surface area contributed by atoms with Gasteiger partial charge < -0.3 is 9.80 Å². The van der Waals surface area contributed by atoms with Gasteiger partial charge in [0.2, 0.25) is 0 Å². The van der Waals surface area contributed by atoms with Gasteiger partial charge in [-0.15, -0.1) is 0 Å². The first-order valence-corrected chi connectivity index (χ1v) is 6.85. The molecule has 0 N–H and O–H groups in total. The van der Waals surface area contributed by atoms with Crippen LogP contribution < -0.4 is 9.80 Å². The third-order valence-corrected chi connectivity index (χ3v) is 4.35. The van der Waals surface area contributed by atoms with E-state index >= 15 is 0 Å². The van der Waals surface area contributed by atoms with E-state index in [1.54, 1.807) is 0 Å². The molecule has 0 saturated heterocycles. The maximum absolute atomic E-state index is 2.47. The summed E-state index contributed by atoms with van der Waals surface area (Å²) in [6, 6.07) is 19.4. The molecule has 2 nitrogen and oxygen atoms in total. The number of nitrogens with zero attached hydrogens (tertiary/aromatic N) is 2. The first kappa shape index (κ1) is 12.1. The molecule has 3 rings (SSSR count). The Morgan fingerprint density at radius 3 is 2.11 bits per heavy atom. The van der Waals surface area contributed by atoms with Gasteiger partial charge >= 0.3 is 0 Å². The Morgan fingerprint density at radius 2 is 1.47 bits per heavy atom. The summed E-state index contributed by atoms with van der Waals surface area (Å²) < 4.78 is 0. The molecule has 1 heterocycles. The number of fused-ring (bicyclic) bond motifs is 1. The lowest BCUT2D eigenvalue weighted by Gasteiger charge is -2.42. The van der Waals surface area contributed by atoms with Crippen LogP contribution in [0.25, 0.3) is 0 Å². The minimum atomic E-state index is -0.111. The number of rotatable bonds is 2. The fourth-order valence-electron chi connectivity index (χ4n) is 3.21. The second kappa shape index (κ2) is 4.30. The molecule has 0 radical (unpaired) electrons. The van der Waals surface area contributed by atoms with Crippen molar-refractivity contribution in [2.24, 2.45) is 0 Å². The SMILES string of the molecule is CCN1c2ccccc2N(C)[C@]1(C)c1ccccc1. The van der Waals surface area contributed by atoms with Gasteiger partial charge in [0, 0.05) is 13.6 Å². The minimum absolute atomic E-state index is 0.111. The Kier molecular flexibility index (Phi) is 2.74. The van der Waals surface area contributed by atoms with E-state index in [1.165, 1.54) is 16.9 Å². The molecule has 0 bridgehead atoms. The van der Waals surface area contributed by atoms with Crippen LogP contribution in [0.1, 0.15) is 19.4 Å². The molecule has 2 aromatic rings. The van der Waals surface area contributed by atoms with E-state index in [9.17, 15) is 0 Å². The molecule has 0 aromatic heterocycles. The number of benzene rings is 2. The molecular formula is C17H20N2. The topological polar surface area (TPSA) is 6.48 Å². The number of anilines is 2. The molecule has 1 aliphatic heterocycles. The molecule has 1 atom stereocenters. The van der Waals surface area contributed by atoms with Crippen molar-refractivity contribution in [3.05, 3.63) is 60.2 Å². The second-order valence-electron chi connectivity index (χ2n) is 5.18. The normalized spacial score (nSPS) is 21.6. The van der Waals surface area contributed by atoms with E-state index in [0.29, 0.717) is 0 Å². The van der Waals surface area contributed by atoms with Crippen LogP contribution in [0.2, 0.25) is 0 Å². The molecule has 2 aromatic carbocycles. The summed E-state index contributed by atoms with van der Waals surface area (Å²) >= 11 is 0. The fourth-order valence-corrected chi connectivity index (χ4v) is 3.21. The average Bonchev–Trinajstić information content (AvgIpc) is 2.70. The molecule has 0 saturated carbocycles. The predicted octanol–water partition coefficient (Wildman–Crippen LogP) is 3.84. The molecule has 2 heteroatoms. The highest BCUT2D eigenvalue weighted by Gasteiger charge is 2.44. The molecule has 0 aliphatic carbocycles. The van der Waals surface area contributed by atoms with E-state index in [0.717, 1.165) is 6.54 Å². The maximum Gasteiger partial charge on any atom is 0.136 e. The third-order valence-electron chi connectivity index (χ3n) is 4.35. The van der Waals surface area contributed by atoms with E-state index < -0.39 is 0 Å². The van der Waals surface area contributed by atoms with Gasteiger partial charge in [0.05, 0.1) is 11.4 Å². The molecular weight excluding hydrogens is 232 g/mol. The van der Waals surface area contributed by atoms with Crippen LogP contribution in [0.15, 0.2) is 54.6 Å². The van der Waals surface area contributed by atoms with Crippen molar-refractivity contribution in [1.29, 1.82) is 0 Å². The fraction of sp³-hybridized carbons (Fsp3) is 0.294. The highest BCUT2D eigenvalue weighted by atomic mass is 15.4. The zero-order chi connectivity index (χ0) is 13.5. The number of hydrogen-bond acceptors (Lipinski definition) is 2. The van der Waals surface area contributed by atoms with Gasteiger partial charge in [-0.2, -0.15) is 0 Å². The maximum atomic E-state index is 2.47. The highest BCUT2D eigenvalue weighted by Crippen LogP contribution is 2.48. The van der Waals surface area contributed by atoms with Crippen LogP contribution in [-0.2, 0) is 5.66 Å². The van der Waals surface area contributed by atoms with Crippen molar-refractivity contribution in [2.45, 2.75) is 19.5 Å². The minimum Gasteiger partial charge on any atom is -0.347 e. The number of hydrogen-bond donors (Lipinski definition) is 0.